The summed E-state index contributed by atoms with van der Waals surface area (Å²) in [6, 6.07) is 13.9. The second-order valence-electron chi connectivity index (χ2n) is 4.98. The van der Waals surface area contributed by atoms with E-state index in [0.29, 0.717) is 24.9 Å². The zero-order chi connectivity index (χ0) is 17.4. The number of hydrogen-bond acceptors (Lipinski definition) is 3. The second-order valence-corrected chi connectivity index (χ2v) is 5.89. The van der Waals surface area contributed by atoms with Crippen molar-refractivity contribution in [3.8, 4) is 11.5 Å². The van der Waals surface area contributed by atoms with Crippen molar-refractivity contribution in [3.05, 3.63) is 52.5 Å². The number of nitrogens with zero attached hydrogens (tertiary/aromatic N) is 1. The Kier molecular flexibility index (Phi) is 9.66. The third-order valence-corrected chi connectivity index (χ3v) is 3.85. The molecule has 25 heavy (non-hydrogen) atoms. The van der Waals surface area contributed by atoms with Gasteiger partial charge in [0.2, 0.25) is 0 Å². The average molecular weight is 520 g/mol. The van der Waals surface area contributed by atoms with Gasteiger partial charge in [-0.2, -0.15) is 0 Å². The van der Waals surface area contributed by atoms with E-state index in [-0.39, 0.29) is 24.0 Å². The van der Waals surface area contributed by atoms with E-state index in [1.54, 1.807) is 14.2 Å². The fourth-order valence-corrected chi connectivity index (χ4v) is 2.39. The molecule has 2 aromatic carbocycles. The number of rotatable bonds is 6. The summed E-state index contributed by atoms with van der Waals surface area (Å²) in [5.41, 5.74) is 2.05. The van der Waals surface area contributed by atoms with Crippen molar-refractivity contribution in [2.75, 3.05) is 26.1 Å². The summed E-state index contributed by atoms with van der Waals surface area (Å²) in [5.74, 6) is 2.10. The average Bonchev–Trinajstić information content (AvgIpc) is 2.61. The molecule has 0 atom stereocenters. The van der Waals surface area contributed by atoms with Crippen LogP contribution in [0.4, 0.5) is 5.69 Å². The van der Waals surface area contributed by atoms with Crippen LogP contribution < -0.4 is 20.1 Å². The van der Waals surface area contributed by atoms with E-state index in [1.807, 2.05) is 37.3 Å². The van der Waals surface area contributed by atoms with Gasteiger partial charge in [-0.25, -0.2) is 0 Å². The summed E-state index contributed by atoms with van der Waals surface area (Å²) in [7, 11) is 3.37. The van der Waals surface area contributed by atoms with Crippen molar-refractivity contribution in [2.24, 2.45) is 4.99 Å². The molecule has 0 aromatic heterocycles. The Morgan fingerprint density at radius 3 is 2.44 bits per heavy atom. The third-order valence-electron chi connectivity index (χ3n) is 3.32. The van der Waals surface area contributed by atoms with Crippen LogP contribution in [-0.2, 0) is 6.54 Å². The van der Waals surface area contributed by atoms with E-state index in [4.69, 9.17) is 9.47 Å². The van der Waals surface area contributed by atoms with Crippen molar-refractivity contribution in [1.82, 2.24) is 5.32 Å². The fraction of sp³-hybridized carbons (Fsp3) is 0.278. The Morgan fingerprint density at radius 2 is 1.84 bits per heavy atom. The van der Waals surface area contributed by atoms with Crippen molar-refractivity contribution in [2.45, 2.75) is 13.5 Å². The lowest BCUT2D eigenvalue weighted by Crippen LogP contribution is -2.30. The van der Waals surface area contributed by atoms with Gasteiger partial charge in [-0.15, -0.1) is 24.0 Å². The predicted octanol–water partition coefficient (Wildman–Crippen LogP) is 4.66. The molecule has 7 heteroatoms. The summed E-state index contributed by atoms with van der Waals surface area (Å²) in [4.78, 5) is 4.24. The van der Waals surface area contributed by atoms with E-state index in [9.17, 15) is 0 Å². The van der Waals surface area contributed by atoms with Gasteiger partial charge in [0, 0.05) is 29.8 Å². The number of aliphatic imine (C=N–C) groups is 1. The largest absolute Gasteiger partial charge is 0.493 e. The van der Waals surface area contributed by atoms with E-state index < -0.39 is 0 Å². The predicted molar refractivity (Wildman–Crippen MR) is 118 cm³/mol. The molecule has 0 aliphatic heterocycles. The molecule has 0 bridgehead atoms. The molecule has 2 N–H and O–H groups in total. The molecule has 0 radical (unpaired) electrons. The maximum absolute atomic E-state index is 5.53. The number of methoxy groups -OCH3 is 1. The first kappa shape index (κ1) is 21.6. The van der Waals surface area contributed by atoms with Gasteiger partial charge in [0.05, 0.1) is 13.7 Å². The third kappa shape index (κ3) is 6.74. The lowest BCUT2D eigenvalue weighted by atomic mass is 10.2. The quantitative estimate of drug-likeness (QED) is 0.331. The highest BCUT2D eigenvalue weighted by molar-refractivity contribution is 14.0. The zero-order valence-corrected chi connectivity index (χ0v) is 18.4. The summed E-state index contributed by atoms with van der Waals surface area (Å²) in [6.45, 7) is 3.22. The molecular weight excluding hydrogens is 497 g/mol. The lowest BCUT2D eigenvalue weighted by Gasteiger charge is -2.14. The first-order valence-corrected chi connectivity index (χ1v) is 8.48. The molecular formula is C18H23BrIN3O2. The fourth-order valence-electron chi connectivity index (χ4n) is 2.12. The number of nitrogens with one attached hydrogen (secondary N) is 2. The first-order valence-electron chi connectivity index (χ1n) is 7.69. The molecule has 0 unspecified atom stereocenters. The molecule has 0 spiro atoms. The van der Waals surface area contributed by atoms with Gasteiger partial charge >= 0.3 is 0 Å². The summed E-state index contributed by atoms with van der Waals surface area (Å²) in [5, 5.41) is 6.53. The topological polar surface area (TPSA) is 54.9 Å². The molecule has 0 saturated carbocycles. The van der Waals surface area contributed by atoms with Gasteiger partial charge in [0.25, 0.3) is 0 Å². The number of halogens is 2. The number of benzene rings is 2. The molecule has 0 amide bonds. The van der Waals surface area contributed by atoms with Crippen molar-refractivity contribution in [3.63, 3.8) is 0 Å². The SMILES string of the molecule is CCOc1ccc(NC(=NC)NCc2ccc(Br)cc2)cc1OC.I. The van der Waals surface area contributed by atoms with Crippen LogP contribution >= 0.6 is 39.9 Å². The number of guanidine groups is 1. The maximum Gasteiger partial charge on any atom is 0.195 e. The highest BCUT2D eigenvalue weighted by Gasteiger charge is 2.07. The summed E-state index contributed by atoms with van der Waals surface area (Å²) < 4.78 is 12.0. The minimum atomic E-state index is 0. The Morgan fingerprint density at radius 1 is 1.12 bits per heavy atom. The van der Waals surface area contributed by atoms with Gasteiger partial charge in [0.15, 0.2) is 17.5 Å². The minimum Gasteiger partial charge on any atom is -0.493 e. The van der Waals surface area contributed by atoms with Gasteiger partial charge in [0.1, 0.15) is 0 Å². The van der Waals surface area contributed by atoms with Gasteiger partial charge in [-0.1, -0.05) is 28.1 Å². The van der Waals surface area contributed by atoms with Crippen molar-refractivity contribution >= 4 is 51.6 Å². The highest BCUT2D eigenvalue weighted by atomic mass is 127. The van der Waals surface area contributed by atoms with E-state index in [1.165, 1.54) is 5.56 Å². The van der Waals surface area contributed by atoms with Crippen molar-refractivity contribution in [1.29, 1.82) is 0 Å². The minimum absolute atomic E-state index is 0. The molecule has 0 saturated heterocycles. The summed E-state index contributed by atoms with van der Waals surface area (Å²) >= 11 is 3.44. The lowest BCUT2D eigenvalue weighted by molar-refractivity contribution is 0.311. The van der Waals surface area contributed by atoms with Crippen LogP contribution in [0.3, 0.4) is 0 Å². The number of hydrogen-bond donors (Lipinski definition) is 2. The molecule has 0 aliphatic carbocycles. The van der Waals surface area contributed by atoms with Gasteiger partial charge < -0.3 is 20.1 Å². The van der Waals surface area contributed by atoms with Gasteiger partial charge in [-0.3, -0.25) is 4.99 Å². The second kappa shape index (κ2) is 11.2. The van der Waals surface area contributed by atoms with Crippen LogP contribution in [0.15, 0.2) is 51.9 Å². The Hall–Kier alpha value is -1.48. The molecule has 5 nitrogen and oxygen atoms in total. The zero-order valence-electron chi connectivity index (χ0n) is 14.5. The molecule has 0 aliphatic rings. The van der Waals surface area contributed by atoms with E-state index in [2.05, 4.69) is 43.7 Å². The van der Waals surface area contributed by atoms with Crippen LogP contribution in [0.5, 0.6) is 11.5 Å². The van der Waals surface area contributed by atoms with Gasteiger partial charge in [-0.05, 0) is 36.8 Å². The van der Waals surface area contributed by atoms with Crippen LogP contribution in [0, 0.1) is 0 Å². The normalized spacial score (nSPS) is 10.6. The van der Waals surface area contributed by atoms with Crippen molar-refractivity contribution < 1.29 is 9.47 Å². The van der Waals surface area contributed by atoms with E-state index >= 15 is 0 Å². The molecule has 0 heterocycles. The Balaban J connectivity index is 0.00000312. The standard InChI is InChI=1S/C18H22BrN3O2.HI/c1-4-24-16-10-9-15(11-17(16)23-3)22-18(20-2)21-12-13-5-7-14(19)8-6-13;/h5-11H,4,12H2,1-3H3,(H2,20,21,22);1H. The number of anilines is 1. The smallest absolute Gasteiger partial charge is 0.195 e. The van der Waals surface area contributed by atoms with Crippen LogP contribution in [-0.4, -0.2) is 26.7 Å². The highest BCUT2D eigenvalue weighted by Crippen LogP contribution is 2.30. The molecule has 136 valence electrons. The molecule has 2 rings (SSSR count). The number of ether oxygens (including phenoxy) is 2. The first-order chi connectivity index (χ1) is 11.7. The van der Waals surface area contributed by atoms with Crippen LogP contribution in [0.1, 0.15) is 12.5 Å². The monoisotopic (exact) mass is 519 g/mol. The molecule has 0 fully saturated rings. The maximum atomic E-state index is 5.53. The molecule has 2 aromatic rings. The van der Waals surface area contributed by atoms with Crippen LogP contribution in [0.25, 0.3) is 0 Å². The Labute approximate surface area is 174 Å². The van der Waals surface area contributed by atoms with Crippen LogP contribution in [0.2, 0.25) is 0 Å². The summed E-state index contributed by atoms with van der Waals surface area (Å²) in [6.07, 6.45) is 0. The van der Waals surface area contributed by atoms with E-state index in [0.717, 1.165) is 15.9 Å². The Bertz CT molecular complexity index is 693.